The minimum atomic E-state index is -0.149. The molecule has 4 heteroatoms. The number of imide groups is 1. The van der Waals surface area contributed by atoms with E-state index in [2.05, 4.69) is 0 Å². The molecule has 0 radical (unpaired) electrons. The standard InChI is InChI=1S/C12H13NO2.ClH/c1-2-3-8-13-11(14)9-6-4-5-7-10(9)12(13)15;/h4-7H,2-3,8H2,1H3;1H. The van der Waals surface area contributed by atoms with Crippen molar-refractivity contribution < 1.29 is 9.59 Å². The highest BCUT2D eigenvalue weighted by molar-refractivity contribution is 6.21. The molecule has 16 heavy (non-hydrogen) atoms. The highest BCUT2D eigenvalue weighted by Gasteiger charge is 2.34. The average molecular weight is 240 g/mol. The maximum absolute atomic E-state index is 11.8. The molecule has 0 saturated carbocycles. The van der Waals surface area contributed by atoms with E-state index < -0.39 is 0 Å². The van der Waals surface area contributed by atoms with Crippen molar-refractivity contribution in [2.24, 2.45) is 0 Å². The van der Waals surface area contributed by atoms with Crippen molar-refractivity contribution >= 4 is 24.2 Å². The summed E-state index contributed by atoms with van der Waals surface area (Å²) in [6, 6.07) is 6.99. The van der Waals surface area contributed by atoms with Crippen LogP contribution in [0, 0.1) is 0 Å². The fraction of sp³-hybridized carbons (Fsp3) is 0.333. The molecular weight excluding hydrogens is 226 g/mol. The van der Waals surface area contributed by atoms with Crippen molar-refractivity contribution in [2.45, 2.75) is 19.8 Å². The van der Waals surface area contributed by atoms with Gasteiger partial charge in [0.05, 0.1) is 11.1 Å². The molecule has 1 aromatic rings. The van der Waals surface area contributed by atoms with Crippen molar-refractivity contribution in [3.05, 3.63) is 35.4 Å². The Labute approximate surface area is 101 Å². The number of unbranched alkanes of at least 4 members (excludes halogenated alkanes) is 1. The Balaban J connectivity index is 0.00000128. The number of halogens is 1. The van der Waals surface area contributed by atoms with Crippen LogP contribution in [-0.4, -0.2) is 23.3 Å². The molecule has 3 nitrogen and oxygen atoms in total. The monoisotopic (exact) mass is 239 g/mol. The van der Waals surface area contributed by atoms with Gasteiger partial charge in [0.1, 0.15) is 0 Å². The summed E-state index contributed by atoms with van der Waals surface area (Å²) < 4.78 is 0. The van der Waals surface area contributed by atoms with Crippen LogP contribution in [0.1, 0.15) is 40.5 Å². The van der Waals surface area contributed by atoms with Crippen LogP contribution in [0.3, 0.4) is 0 Å². The molecule has 1 aliphatic heterocycles. The van der Waals surface area contributed by atoms with Crippen molar-refractivity contribution in [3.63, 3.8) is 0 Å². The number of hydrogen-bond acceptors (Lipinski definition) is 2. The predicted octanol–water partition coefficient (Wildman–Crippen LogP) is 2.50. The zero-order valence-corrected chi connectivity index (χ0v) is 9.92. The Kier molecular flexibility index (Phi) is 4.07. The summed E-state index contributed by atoms with van der Waals surface area (Å²) in [5, 5.41) is 0. The lowest BCUT2D eigenvalue weighted by Gasteiger charge is -2.12. The number of hydrogen-bond donors (Lipinski definition) is 0. The number of carbonyl (C=O) groups excluding carboxylic acids is 2. The van der Waals surface area contributed by atoms with Crippen LogP contribution in [0.4, 0.5) is 0 Å². The SMILES string of the molecule is CCCCN1C(=O)c2ccccc2C1=O.Cl. The largest absolute Gasteiger partial charge is 0.274 e. The van der Waals surface area contributed by atoms with E-state index in [1.54, 1.807) is 24.3 Å². The van der Waals surface area contributed by atoms with Crippen LogP contribution in [0.15, 0.2) is 24.3 Å². The molecule has 1 aliphatic rings. The average Bonchev–Trinajstić information content (AvgIpc) is 2.51. The Morgan fingerprint density at radius 2 is 1.56 bits per heavy atom. The minimum absolute atomic E-state index is 0. The molecule has 0 aliphatic carbocycles. The van der Waals surface area contributed by atoms with E-state index in [4.69, 9.17) is 0 Å². The van der Waals surface area contributed by atoms with Gasteiger partial charge in [-0.05, 0) is 18.6 Å². The highest BCUT2D eigenvalue weighted by Crippen LogP contribution is 2.22. The van der Waals surface area contributed by atoms with E-state index in [0.717, 1.165) is 12.8 Å². The zero-order valence-electron chi connectivity index (χ0n) is 9.10. The third-order valence-corrected chi connectivity index (χ3v) is 2.61. The fourth-order valence-corrected chi connectivity index (χ4v) is 1.76. The molecule has 86 valence electrons. The molecule has 0 saturated heterocycles. The Morgan fingerprint density at radius 3 is 2.00 bits per heavy atom. The van der Waals surface area contributed by atoms with Gasteiger partial charge < -0.3 is 0 Å². The third kappa shape index (κ3) is 1.95. The molecule has 0 spiro atoms. The van der Waals surface area contributed by atoms with Gasteiger partial charge in [-0.2, -0.15) is 0 Å². The van der Waals surface area contributed by atoms with E-state index in [-0.39, 0.29) is 24.2 Å². The topological polar surface area (TPSA) is 37.4 Å². The van der Waals surface area contributed by atoms with Gasteiger partial charge in [-0.15, -0.1) is 12.4 Å². The molecule has 0 unspecified atom stereocenters. The summed E-state index contributed by atoms with van der Waals surface area (Å²) in [5.74, 6) is -0.298. The van der Waals surface area contributed by atoms with Gasteiger partial charge in [0.15, 0.2) is 0 Å². The van der Waals surface area contributed by atoms with Crippen molar-refractivity contribution in [1.29, 1.82) is 0 Å². The first-order valence-corrected chi connectivity index (χ1v) is 5.21. The first-order valence-electron chi connectivity index (χ1n) is 5.21. The van der Waals surface area contributed by atoms with Crippen LogP contribution in [0.25, 0.3) is 0 Å². The van der Waals surface area contributed by atoms with Crippen LogP contribution >= 0.6 is 12.4 Å². The first-order chi connectivity index (χ1) is 7.25. The third-order valence-electron chi connectivity index (χ3n) is 2.61. The van der Waals surface area contributed by atoms with Gasteiger partial charge in [-0.1, -0.05) is 25.5 Å². The second-order valence-electron chi connectivity index (χ2n) is 3.66. The molecule has 0 aromatic heterocycles. The zero-order chi connectivity index (χ0) is 10.8. The lowest BCUT2D eigenvalue weighted by Crippen LogP contribution is -2.30. The van der Waals surface area contributed by atoms with Crippen molar-refractivity contribution in [3.8, 4) is 0 Å². The van der Waals surface area contributed by atoms with E-state index in [0.29, 0.717) is 17.7 Å². The molecular formula is C12H14ClNO2. The summed E-state index contributed by atoms with van der Waals surface area (Å²) >= 11 is 0. The number of nitrogens with zero attached hydrogens (tertiary/aromatic N) is 1. The molecule has 2 amide bonds. The maximum Gasteiger partial charge on any atom is 0.261 e. The Morgan fingerprint density at radius 1 is 1.06 bits per heavy atom. The second-order valence-corrected chi connectivity index (χ2v) is 3.66. The minimum Gasteiger partial charge on any atom is -0.274 e. The summed E-state index contributed by atoms with van der Waals surface area (Å²) in [5.41, 5.74) is 1.08. The molecule has 0 bridgehead atoms. The molecule has 0 N–H and O–H groups in total. The van der Waals surface area contributed by atoms with Gasteiger partial charge in [0, 0.05) is 6.54 Å². The van der Waals surface area contributed by atoms with Crippen LogP contribution < -0.4 is 0 Å². The summed E-state index contributed by atoms with van der Waals surface area (Å²) in [4.78, 5) is 25.0. The number of fused-ring (bicyclic) bond motifs is 1. The number of carbonyl (C=O) groups is 2. The van der Waals surface area contributed by atoms with E-state index in [9.17, 15) is 9.59 Å². The van der Waals surface area contributed by atoms with E-state index in [1.807, 2.05) is 6.92 Å². The van der Waals surface area contributed by atoms with Crippen molar-refractivity contribution in [2.75, 3.05) is 6.54 Å². The smallest absolute Gasteiger partial charge is 0.261 e. The Bertz CT molecular complexity index is 382. The summed E-state index contributed by atoms with van der Waals surface area (Å²) in [6.45, 7) is 2.57. The van der Waals surface area contributed by atoms with E-state index in [1.165, 1.54) is 4.90 Å². The van der Waals surface area contributed by atoms with Crippen LogP contribution in [-0.2, 0) is 0 Å². The molecule has 1 heterocycles. The quantitative estimate of drug-likeness (QED) is 0.760. The second kappa shape index (κ2) is 5.12. The lowest BCUT2D eigenvalue weighted by molar-refractivity contribution is 0.0652. The van der Waals surface area contributed by atoms with Gasteiger partial charge in [0.25, 0.3) is 11.8 Å². The van der Waals surface area contributed by atoms with Gasteiger partial charge in [-0.3, -0.25) is 14.5 Å². The number of rotatable bonds is 3. The fourth-order valence-electron chi connectivity index (χ4n) is 1.76. The van der Waals surface area contributed by atoms with Crippen LogP contribution in [0.5, 0.6) is 0 Å². The maximum atomic E-state index is 11.8. The molecule has 2 rings (SSSR count). The first kappa shape index (κ1) is 12.7. The predicted molar refractivity (Wildman–Crippen MR) is 64.0 cm³/mol. The van der Waals surface area contributed by atoms with Crippen LogP contribution in [0.2, 0.25) is 0 Å². The highest BCUT2D eigenvalue weighted by atomic mass is 35.5. The number of benzene rings is 1. The molecule has 1 aromatic carbocycles. The van der Waals surface area contributed by atoms with Crippen molar-refractivity contribution in [1.82, 2.24) is 4.90 Å². The summed E-state index contributed by atoms with van der Waals surface area (Å²) in [7, 11) is 0. The summed E-state index contributed by atoms with van der Waals surface area (Å²) in [6.07, 6.45) is 1.85. The molecule has 0 fully saturated rings. The van der Waals surface area contributed by atoms with Gasteiger partial charge in [-0.25, -0.2) is 0 Å². The van der Waals surface area contributed by atoms with Gasteiger partial charge >= 0.3 is 0 Å². The normalized spacial score (nSPS) is 13.7. The van der Waals surface area contributed by atoms with E-state index >= 15 is 0 Å². The van der Waals surface area contributed by atoms with Gasteiger partial charge in [0.2, 0.25) is 0 Å². The molecule has 0 atom stereocenters. The number of amides is 2. The lowest BCUT2D eigenvalue weighted by atomic mass is 10.1. The Hall–Kier alpha value is -1.35.